The smallest absolute Gasteiger partial charge is 0.324 e. The average molecular weight is 217 g/mol. The predicted molar refractivity (Wildman–Crippen MR) is 59.3 cm³/mol. The van der Waals surface area contributed by atoms with Crippen LogP contribution in [-0.4, -0.2) is 23.9 Å². The molecule has 3 nitrogen and oxygen atoms in total. The van der Waals surface area contributed by atoms with Crippen LogP contribution in [0.15, 0.2) is 0 Å². The van der Waals surface area contributed by atoms with E-state index in [1.165, 1.54) is 0 Å². The van der Waals surface area contributed by atoms with Crippen LogP contribution in [0.1, 0.15) is 32.6 Å². The summed E-state index contributed by atoms with van der Waals surface area (Å²) in [5.41, 5.74) is 5.51. The summed E-state index contributed by atoms with van der Waals surface area (Å²) in [5.74, 6) is 0.810. The van der Waals surface area contributed by atoms with Gasteiger partial charge in [-0.05, 0) is 31.6 Å². The molecule has 1 fully saturated rings. The second-order valence-corrected chi connectivity index (χ2v) is 4.47. The van der Waals surface area contributed by atoms with Crippen molar-refractivity contribution in [1.29, 1.82) is 0 Å². The van der Waals surface area contributed by atoms with Crippen LogP contribution in [0.25, 0.3) is 0 Å². The third-order valence-corrected chi connectivity index (χ3v) is 3.14. The summed E-state index contributed by atoms with van der Waals surface area (Å²) in [4.78, 5) is 11.3. The fourth-order valence-electron chi connectivity index (χ4n) is 1.67. The van der Waals surface area contributed by atoms with E-state index in [1.807, 2.05) is 0 Å². The van der Waals surface area contributed by atoms with Crippen LogP contribution in [0.4, 0.5) is 0 Å². The SMILES string of the molecule is CC1CCC(OC(=O)C(N)CS)CC1. The van der Waals surface area contributed by atoms with Crippen molar-refractivity contribution in [1.82, 2.24) is 0 Å². The van der Waals surface area contributed by atoms with Gasteiger partial charge in [-0.25, -0.2) is 0 Å². The third-order valence-electron chi connectivity index (χ3n) is 2.75. The number of carbonyl (C=O) groups excluding carboxylic acids is 1. The summed E-state index contributed by atoms with van der Waals surface area (Å²) >= 11 is 3.96. The molecule has 82 valence electrons. The fraction of sp³-hybridized carbons (Fsp3) is 0.900. The first-order chi connectivity index (χ1) is 6.63. The van der Waals surface area contributed by atoms with Crippen molar-refractivity contribution in [3.8, 4) is 0 Å². The largest absolute Gasteiger partial charge is 0.461 e. The molecule has 1 saturated carbocycles. The molecule has 1 unspecified atom stereocenters. The zero-order valence-corrected chi connectivity index (χ0v) is 9.50. The molecule has 1 aliphatic carbocycles. The Bertz CT molecular complexity index is 191. The van der Waals surface area contributed by atoms with Gasteiger partial charge in [-0.1, -0.05) is 6.92 Å². The Kier molecular flexibility index (Phi) is 4.75. The van der Waals surface area contributed by atoms with E-state index >= 15 is 0 Å². The molecule has 14 heavy (non-hydrogen) atoms. The molecule has 2 N–H and O–H groups in total. The van der Waals surface area contributed by atoms with Gasteiger partial charge in [-0.2, -0.15) is 12.6 Å². The molecule has 0 aromatic carbocycles. The van der Waals surface area contributed by atoms with E-state index in [4.69, 9.17) is 10.5 Å². The highest BCUT2D eigenvalue weighted by Gasteiger charge is 2.23. The number of thiol groups is 1. The first-order valence-corrected chi connectivity index (χ1v) is 5.83. The molecule has 4 heteroatoms. The van der Waals surface area contributed by atoms with E-state index in [9.17, 15) is 4.79 Å². The van der Waals surface area contributed by atoms with Crippen LogP contribution in [0.3, 0.4) is 0 Å². The molecular weight excluding hydrogens is 198 g/mol. The van der Waals surface area contributed by atoms with Gasteiger partial charge in [0.15, 0.2) is 0 Å². The van der Waals surface area contributed by atoms with Crippen molar-refractivity contribution in [3.05, 3.63) is 0 Å². The molecule has 0 heterocycles. The highest BCUT2D eigenvalue weighted by atomic mass is 32.1. The Morgan fingerprint density at radius 3 is 2.57 bits per heavy atom. The monoisotopic (exact) mass is 217 g/mol. The highest BCUT2D eigenvalue weighted by Crippen LogP contribution is 2.25. The molecular formula is C10H19NO2S. The van der Waals surface area contributed by atoms with Crippen molar-refractivity contribution in [3.63, 3.8) is 0 Å². The van der Waals surface area contributed by atoms with Crippen molar-refractivity contribution < 1.29 is 9.53 Å². The minimum Gasteiger partial charge on any atom is -0.461 e. The maximum atomic E-state index is 11.3. The first-order valence-electron chi connectivity index (χ1n) is 5.20. The minimum atomic E-state index is -0.572. The number of rotatable bonds is 3. The van der Waals surface area contributed by atoms with Crippen molar-refractivity contribution in [2.75, 3.05) is 5.75 Å². The Balaban J connectivity index is 2.27. The lowest BCUT2D eigenvalue weighted by atomic mass is 9.89. The summed E-state index contributed by atoms with van der Waals surface area (Å²) in [6.07, 6.45) is 4.34. The number of carbonyl (C=O) groups is 1. The van der Waals surface area contributed by atoms with Gasteiger partial charge in [-0.3, -0.25) is 4.79 Å². The Morgan fingerprint density at radius 1 is 1.50 bits per heavy atom. The van der Waals surface area contributed by atoms with Gasteiger partial charge in [0.25, 0.3) is 0 Å². The molecule has 0 saturated heterocycles. The van der Waals surface area contributed by atoms with Crippen molar-refractivity contribution >= 4 is 18.6 Å². The Hall–Kier alpha value is -0.220. The molecule has 1 atom stereocenters. The number of nitrogens with two attached hydrogens (primary N) is 1. The molecule has 0 aromatic rings. The molecule has 0 spiro atoms. The van der Waals surface area contributed by atoms with Gasteiger partial charge >= 0.3 is 5.97 Å². The van der Waals surface area contributed by atoms with Crippen LogP contribution in [-0.2, 0) is 9.53 Å². The van der Waals surface area contributed by atoms with Gasteiger partial charge in [0.2, 0.25) is 0 Å². The molecule has 1 rings (SSSR count). The number of hydrogen-bond donors (Lipinski definition) is 2. The van der Waals surface area contributed by atoms with Crippen LogP contribution in [0.5, 0.6) is 0 Å². The molecule has 1 aliphatic rings. The van der Waals surface area contributed by atoms with Crippen LogP contribution in [0.2, 0.25) is 0 Å². The van der Waals surface area contributed by atoms with E-state index < -0.39 is 6.04 Å². The predicted octanol–water partition coefficient (Wildman–Crippen LogP) is 1.37. The molecule has 0 amide bonds. The van der Waals surface area contributed by atoms with Gasteiger partial charge in [0, 0.05) is 5.75 Å². The summed E-state index contributed by atoms with van der Waals surface area (Å²) in [6, 6.07) is -0.572. The normalized spacial score (nSPS) is 29.6. The number of hydrogen-bond acceptors (Lipinski definition) is 4. The fourth-order valence-corrected chi connectivity index (χ4v) is 1.82. The Morgan fingerprint density at radius 2 is 2.07 bits per heavy atom. The van der Waals surface area contributed by atoms with Crippen LogP contribution in [0, 0.1) is 5.92 Å². The Labute approximate surface area is 90.8 Å². The quantitative estimate of drug-likeness (QED) is 0.554. The van der Waals surface area contributed by atoms with Gasteiger partial charge in [0.05, 0.1) is 0 Å². The summed E-state index contributed by atoms with van der Waals surface area (Å²) in [7, 11) is 0. The van der Waals surface area contributed by atoms with E-state index in [2.05, 4.69) is 19.6 Å². The van der Waals surface area contributed by atoms with Gasteiger partial charge in [0.1, 0.15) is 12.1 Å². The highest BCUT2D eigenvalue weighted by molar-refractivity contribution is 7.80. The lowest BCUT2D eigenvalue weighted by Gasteiger charge is -2.26. The van der Waals surface area contributed by atoms with Crippen LogP contribution < -0.4 is 5.73 Å². The van der Waals surface area contributed by atoms with Crippen molar-refractivity contribution in [2.45, 2.75) is 44.8 Å². The minimum absolute atomic E-state index is 0.0876. The van der Waals surface area contributed by atoms with E-state index in [1.54, 1.807) is 0 Å². The third kappa shape index (κ3) is 3.50. The second kappa shape index (κ2) is 5.61. The number of esters is 1. The molecule has 0 aromatic heterocycles. The van der Waals surface area contributed by atoms with Crippen molar-refractivity contribution in [2.24, 2.45) is 11.7 Å². The lowest BCUT2D eigenvalue weighted by Crippen LogP contribution is -2.37. The second-order valence-electron chi connectivity index (χ2n) is 4.11. The summed E-state index contributed by atoms with van der Waals surface area (Å²) in [6.45, 7) is 2.23. The molecule has 0 radical (unpaired) electrons. The zero-order valence-electron chi connectivity index (χ0n) is 8.61. The number of ether oxygens (including phenoxy) is 1. The average Bonchev–Trinajstić information content (AvgIpc) is 2.20. The lowest BCUT2D eigenvalue weighted by molar-refractivity contribution is -0.151. The van der Waals surface area contributed by atoms with E-state index in [-0.39, 0.29) is 12.1 Å². The topological polar surface area (TPSA) is 52.3 Å². The summed E-state index contributed by atoms with van der Waals surface area (Å²) in [5, 5.41) is 0. The first kappa shape index (κ1) is 11.9. The van der Waals surface area contributed by atoms with Gasteiger partial charge < -0.3 is 10.5 Å². The van der Waals surface area contributed by atoms with Gasteiger partial charge in [-0.15, -0.1) is 0 Å². The maximum absolute atomic E-state index is 11.3. The molecule has 0 bridgehead atoms. The maximum Gasteiger partial charge on any atom is 0.324 e. The van der Waals surface area contributed by atoms with E-state index in [0.717, 1.165) is 31.6 Å². The molecule has 0 aliphatic heterocycles. The van der Waals surface area contributed by atoms with E-state index in [0.29, 0.717) is 5.75 Å². The zero-order chi connectivity index (χ0) is 10.6. The summed E-state index contributed by atoms with van der Waals surface area (Å²) < 4.78 is 5.28. The standard InChI is InChI=1S/C10H19NO2S/c1-7-2-4-8(5-3-7)13-10(12)9(11)6-14/h7-9,14H,2-6,11H2,1H3. The van der Waals surface area contributed by atoms with Crippen LogP contribution >= 0.6 is 12.6 Å².